The number of amides is 1. The maximum absolute atomic E-state index is 12.5. The van der Waals surface area contributed by atoms with E-state index in [0.717, 1.165) is 12.0 Å². The van der Waals surface area contributed by atoms with Gasteiger partial charge in [-0.2, -0.15) is 0 Å². The van der Waals surface area contributed by atoms with Gasteiger partial charge in [-0.1, -0.05) is 6.92 Å². The summed E-state index contributed by atoms with van der Waals surface area (Å²) in [6.07, 6.45) is 4.31. The molecule has 27 heavy (non-hydrogen) atoms. The highest BCUT2D eigenvalue weighted by atomic mass is 16.6. The van der Waals surface area contributed by atoms with Gasteiger partial charge in [0.05, 0.1) is 11.3 Å². The largest absolute Gasteiger partial charge is 0.486 e. The van der Waals surface area contributed by atoms with Crippen molar-refractivity contribution in [1.29, 1.82) is 0 Å². The zero-order chi connectivity index (χ0) is 19.0. The molecule has 0 fully saturated rings. The average Bonchev–Trinajstić information content (AvgIpc) is 3.12. The number of hydrogen-bond donors (Lipinski definition) is 2. The number of carbonyl (C=O) groups excluding carboxylic acids is 1. The lowest BCUT2D eigenvalue weighted by Crippen LogP contribution is -2.31. The van der Waals surface area contributed by atoms with Gasteiger partial charge in [0.25, 0.3) is 11.5 Å². The van der Waals surface area contributed by atoms with Crippen LogP contribution >= 0.6 is 0 Å². The lowest BCUT2D eigenvalue weighted by molar-refractivity contribution is 0.0939. The molecule has 0 spiro atoms. The molecule has 2 aromatic heterocycles. The molecule has 0 aliphatic carbocycles. The van der Waals surface area contributed by atoms with Crippen LogP contribution in [0.5, 0.6) is 11.5 Å². The molecule has 1 aliphatic heterocycles. The summed E-state index contributed by atoms with van der Waals surface area (Å²) < 4.78 is 12.8. The summed E-state index contributed by atoms with van der Waals surface area (Å²) in [5.41, 5.74) is 2.06. The van der Waals surface area contributed by atoms with Crippen molar-refractivity contribution in [1.82, 2.24) is 14.7 Å². The second-order valence-corrected chi connectivity index (χ2v) is 6.66. The Balaban J connectivity index is 1.71. The van der Waals surface area contributed by atoms with Gasteiger partial charge in [-0.15, -0.1) is 0 Å². The fourth-order valence-corrected chi connectivity index (χ4v) is 3.02. The molecule has 7 nitrogen and oxygen atoms in total. The van der Waals surface area contributed by atoms with E-state index in [-0.39, 0.29) is 17.5 Å². The van der Waals surface area contributed by atoms with E-state index in [1.54, 1.807) is 22.9 Å². The van der Waals surface area contributed by atoms with Gasteiger partial charge in [0.15, 0.2) is 11.5 Å². The maximum atomic E-state index is 12.5. The third-order valence-corrected chi connectivity index (χ3v) is 4.70. The van der Waals surface area contributed by atoms with Crippen LogP contribution in [0.1, 0.15) is 30.6 Å². The summed E-state index contributed by atoms with van der Waals surface area (Å²) in [6, 6.07) is 7.21. The molecule has 1 atom stereocenters. The fourth-order valence-electron chi connectivity index (χ4n) is 3.02. The molecule has 3 heterocycles. The Morgan fingerprint density at radius 2 is 2.00 bits per heavy atom. The Hall–Kier alpha value is -3.22. The highest BCUT2D eigenvalue weighted by Gasteiger charge is 2.15. The van der Waals surface area contributed by atoms with Crippen LogP contribution < -0.4 is 20.3 Å². The molecular formula is C20H21N3O4. The third-order valence-electron chi connectivity index (χ3n) is 4.70. The van der Waals surface area contributed by atoms with E-state index in [1.807, 2.05) is 32.0 Å². The number of ether oxygens (including phenoxy) is 2. The van der Waals surface area contributed by atoms with E-state index in [4.69, 9.17) is 9.47 Å². The lowest BCUT2D eigenvalue weighted by Gasteiger charge is -2.18. The summed E-state index contributed by atoms with van der Waals surface area (Å²) in [7, 11) is 0. The highest BCUT2D eigenvalue weighted by molar-refractivity contribution is 5.95. The lowest BCUT2D eigenvalue weighted by atomic mass is 10.1. The smallest absolute Gasteiger partial charge is 0.272 e. The van der Waals surface area contributed by atoms with Gasteiger partial charge < -0.3 is 24.2 Å². The van der Waals surface area contributed by atoms with E-state index in [2.05, 4.69) is 10.3 Å². The second kappa shape index (κ2) is 6.83. The molecule has 7 heteroatoms. The number of H-pyrrole nitrogens is 1. The molecule has 1 amide bonds. The fraction of sp³-hybridized carbons (Fsp3) is 0.300. The van der Waals surface area contributed by atoms with Gasteiger partial charge in [0, 0.05) is 24.0 Å². The van der Waals surface area contributed by atoms with E-state index >= 15 is 0 Å². The number of hydrogen-bond acceptors (Lipinski definition) is 4. The Kier molecular flexibility index (Phi) is 4.35. The number of carbonyl (C=O) groups is 1. The highest BCUT2D eigenvalue weighted by Crippen LogP contribution is 2.33. The first-order valence-electron chi connectivity index (χ1n) is 9.01. The molecule has 0 unspecified atom stereocenters. The van der Waals surface area contributed by atoms with Crippen molar-refractivity contribution in [3.8, 4) is 22.8 Å². The standard InChI is InChI=1S/C20H21N3O4/c1-3-12(2)21-19(24)14-8-16-20(25)22-15(11-23(16)10-14)13-4-5-17-18(9-13)27-7-6-26-17/h4-5,8-12H,3,6-7H2,1-2H3,(H,21,24)(H,22,25)/t12-/m0/s1. The second-order valence-electron chi connectivity index (χ2n) is 6.66. The Labute approximate surface area is 155 Å². The SMILES string of the molecule is CC[C@H](C)NC(=O)c1cc2c(=O)[nH]c(-c3ccc4c(c3)OCCO4)cn2c1. The Morgan fingerprint density at radius 3 is 2.78 bits per heavy atom. The molecular weight excluding hydrogens is 346 g/mol. The minimum atomic E-state index is -0.259. The van der Waals surface area contributed by atoms with E-state index < -0.39 is 0 Å². The number of aromatic amines is 1. The van der Waals surface area contributed by atoms with Crippen molar-refractivity contribution < 1.29 is 14.3 Å². The van der Waals surface area contributed by atoms with Gasteiger partial charge in [-0.05, 0) is 37.6 Å². The van der Waals surface area contributed by atoms with Crippen LogP contribution in [0.4, 0.5) is 0 Å². The number of aromatic nitrogens is 2. The van der Waals surface area contributed by atoms with Gasteiger partial charge in [-0.3, -0.25) is 9.59 Å². The van der Waals surface area contributed by atoms with E-state index in [1.165, 1.54) is 0 Å². The third kappa shape index (κ3) is 3.28. The summed E-state index contributed by atoms with van der Waals surface area (Å²) >= 11 is 0. The van der Waals surface area contributed by atoms with Crippen molar-refractivity contribution in [3.63, 3.8) is 0 Å². The monoisotopic (exact) mass is 367 g/mol. The van der Waals surface area contributed by atoms with E-state index in [0.29, 0.717) is 41.5 Å². The van der Waals surface area contributed by atoms with Gasteiger partial charge in [0.2, 0.25) is 0 Å². The number of rotatable bonds is 4. The van der Waals surface area contributed by atoms with Crippen molar-refractivity contribution in [2.75, 3.05) is 13.2 Å². The maximum Gasteiger partial charge on any atom is 0.272 e. The van der Waals surface area contributed by atoms with Crippen LogP contribution in [0.3, 0.4) is 0 Å². The minimum absolute atomic E-state index is 0.0760. The number of benzene rings is 1. The molecule has 0 bridgehead atoms. The molecule has 2 N–H and O–H groups in total. The molecule has 0 saturated heterocycles. The molecule has 3 aromatic rings. The van der Waals surface area contributed by atoms with Crippen molar-refractivity contribution in [2.24, 2.45) is 0 Å². The zero-order valence-electron chi connectivity index (χ0n) is 15.2. The van der Waals surface area contributed by atoms with Crippen LogP contribution in [0.25, 0.3) is 16.8 Å². The Bertz CT molecular complexity index is 1070. The number of nitrogens with zero attached hydrogens (tertiary/aromatic N) is 1. The molecule has 0 saturated carbocycles. The topological polar surface area (TPSA) is 84.8 Å². The molecule has 1 aliphatic rings. The summed E-state index contributed by atoms with van der Waals surface area (Å²) in [5, 5.41) is 2.91. The van der Waals surface area contributed by atoms with Gasteiger partial charge in [-0.25, -0.2) is 0 Å². The predicted octanol–water partition coefficient (Wildman–Crippen LogP) is 2.59. The van der Waals surface area contributed by atoms with Gasteiger partial charge >= 0.3 is 0 Å². The van der Waals surface area contributed by atoms with Crippen LogP contribution in [0.15, 0.2) is 41.5 Å². The van der Waals surface area contributed by atoms with Crippen LogP contribution in [0, 0.1) is 0 Å². The predicted molar refractivity (Wildman–Crippen MR) is 102 cm³/mol. The average molecular weight is 367 g/mol. The summed E-state index contributed by atoms with van der Waals surface area (Å²) in [5.74, 6) is 1.16. The molecule has 4 rings (SSSR count). The summed E-state index contributed by atoms with van der Waals surface area (Å²) in [4.78, 5) is 27.7. The molecule has 1 aromatic carbocycles. The normalized spacial score (nSPS) is 14.1. The summed E-state index contributed by atoms with van der Waals surface area (Å²) in [6.45, 7) is 4.98. The molecule has 140 valence electrons. The first-order chi connectivity index (χ1) is 13.0. The van der Waals surface area contributed by atoms with Crippen molar-refractivity contribution in [3.05, 3.63) is 52.6 Å². The quantitative estimate of drug-likeness (QED) is 0.742. The zero-order valence-corrected chi connectivity index (χ0v) is 15.2. The van der Waals surface area contributed by atoms with Crippen molar-refractivity contribution in [2.45, 2.75) is 26.3 Å². The van der Waals surface area contributed by atoms with Gasteiger partial charge in [0.1, 0.15) is 18.7 Å². The van der Waals surface area contributed by atoms with Crippen LogP contribution in [0.2, 0.25) is 0 Å². The first-order valence-corrected chi connectivity index (χ1v) is 9.01. The van der Waals surface area contributed by atoms with Crippen LogP contribution in [-0.2, 0) is 0 Å². The molecule has 0 radical (unpaired) electrons. The Morgan fingerprint density at radius 1 is 1.22 bits per heavy atom. The minimum Gasteiger partial charge on any atom is -0.486 e. The van der Waals surface area contributed by atoms with E-state index in [9.17, 15) is 9.59 Å². The number of fused-ring (bicyclic) bond motifs is 2. The number of nitrogens with one attached hydrogen (secondary N) is 2. The van der Waals surface area contributed by atoms with Crippen LogP contribution in [-0.4, -0.2) is 34.5 Å². The van der Waals surface area contributed by atoms with Crippen molar-refractivity contribution >= 4 is 11.4 Å². The first kappa shape index (κ1) is 17.2.